The summed E-state index contributed by atoms with van der Waals surface area (Å²) in [5.74, 6) is 0.402. The summed E-state index contributed by atoms with van der Waals surface area (Å²) < 4.78 is 5.72. The smallest absolute Gasteiger partial charge is 0.250 e. The van der Waals surface area contributed by atoms with Crippen molar-refractivity contribution in [1.82, 2.24) is 0 Å². The van der Waals surface area contributed by atoms with Crippen LogP contribution in [0.3, 0.4) is 0 Å². The summed E-state index contributed by atoms with van der Waals surface area (Å²) in [6.45, 7) is 2.29. The van der Waals surface area contributed by atoms with Crippen LogP contribution in [0.25, 0.3) is 0 Å². The zero-order valence-electron chi connectivity index (χ0n) is 11.8. The molecule has 2 unspecified atom stereocenters. The topological polar surface area (TPSA) is 64.3 Å². The van der Waals surface area contributed by atoms with Gasteiger partial charge in [0.2, 0.25) is 5.91 Å². The van der Waals surface area contributed by atoms with Crippen LogP contribution in [0.1, 0.15) is 32.6 Å². The number of carbonyl (C=O) groups excluding carboxylic acids is 1. The first kappa shape index (κ1) is 16.8. The Kier molecular flexibility index (Phi) is 6.82. The summed E-state index contributed by atoms with van der Waals surface area (Å²) >= 11 is 0. The SMILES string of the molecule is CC1CCCCC1OCC(=O)Nc1ccccc1N.Cl. The minimum absolute atomic E-state index is 0. The third kappa shape index (κ3) is 4.69. The van der Waals surface area contributed by atoms with Crippen molar-refractivity contribution in [2.24, 2.45) is 5.92 Å². The number of nitrogen functional groups attached to an aromatic ring is 1. The first-order chi connectivity index (χ1) is 9.16. The maximum absolute atomic E-state index is 11.8. The predicted molar refractivity (Wildman–Crippen MR) is 84.1 cm³/mol. The molecule has 112 valence electrons. The largest absolute Gasteiger partial charge is 0.397 e. The van der Waals surface area contributed by atoms with Crippen molar-refractivity contribution in [3.05, 3.63) is 24.3 Å². The van der Waals surface area contributed by atoms with Crippen LogP contribution in [0.2, 0.25) is 0 Å². The molecule has 4 nitrogen and oxygen atoms in total. The number of nitrogens with two attached hydrogens (primary N) is 1. The van der Waals surface area contributed by atoms with Gasteiger partial charge in [0.1, 0.15) is 6.61 Å². The fourth-order valence-corrected chi connectivity index (χ4v) is 2.51. The minimum atomic E-state index is -0.143. The molecular weight excluding hydrogens is 276 g/mol. The number of benzene rings is 1. The predicted octanol–water partition coefficient (Wildman–Crippen LogP) is 3.22. The lowest BCUT2D eigenvalue weighted by Gasteiger charge is -2.28. The summed E-state index contributed by atoms with van der Waals surface area (Å²) in [6, 6.07) is 7.23. The lowest BCUT2D eigenvalue weighted by molar-refractivity contribution is -0.124. The van der Waals surface area contributed by atoms with Gasteiger partial charge >= 0.3 is 0 Å². The maximum Gasteiger partial charge on any atom is 0.250 e. The molecule has 2 atom stereocenters. The van der Waals surface area contributed by atoms with Gasteiger partial charge in [-0.2, -0.15) is 0 Å². The van der Waals surface area contributed by atoms with E-state index in [1.54, 1.807) is 12.1 Å². The number of nitrogens with one attached hydrogen (secondary N) is 1. The van der Waals surface area contributed by atoms with Gasteiger partial charge in [-0.15, -0.1) is 12.4 Å². The molecule has 1 amide bonds. The monoisotopic (exact) mass is 298 g/mol. The maximum atomic E-state index is 11.8. The van der Waals surface area contributed by atoms with Crippen molar-refractivity contribution >= 4 is 29.7 Å². The number of ether oxygens (including phenoxy) is 1. The van der Waals surface area contributed by atoms with Crippen LogP contribution in [0.15, 0.2) is 24.3 Å². The molecule has 20 heavy (non-hydrogen) atoms. The Morgan fingerprint density at radius 3 is 2.75 bits per heavy atom. The average Bonchev–Trinajstić information content (AvgIpc) is 2.40. The van der Waals surface area contributed by atoms with E-state index in [1.165, 1.54) is 19.3 Å². The summed E-state index contributed by atoms with van der Waals surface area (Å²) in [6.07, 6.45) is 4.93. The summed E-state index contributed by atoms with van der Waals surface area (Å²) in [5, 5.41) is 2.78. The van der Waals surface area contributed by atoms with Crippen molar-refractivity contribution in [2.75, 3.05) is 17.7 Å². The molecule has 1 aliphatic carbocycles. The van der Waals surface area contributed by atoms with Gasteiger partial charge in [-0.3, -0.25) is 4.79 Å². The van der Waals surface area contributed by atoms with Crippen molar-refractivity contribution in [3.8, 4) is 0 Å². The van der Waals surface area contributed by atoms with E-state index in [9.17, 15) is 4.79 Å². The first-order valence-electron chi connectivity index (χ1n) is 6.93. The number of carbonyl (C=O) groups is 1. The summed E-state index contributed by atoms with van der Waals surface area (Å²) in [5.41, 5.74) is 6.99. The van der Waals surface area contributed by atoms with Crippen molar-refractivity contribution in [2.45, 2.75) is 38.7 Å². The molecule has 1 saturated carbocycles. The molecule has 0 spiro atoms. The normalized spacial score (nSPS) is 21.9. The number of halogens is 1. The molecule has 5 heteroatoms. The highest BCUT2D eigenvalue weighted by Crippen LogP contribution is 2.26. The highest BCUT2D eigenvalue weighted by Gasteiger charge is 2.22. The zero-order valence-corrected chi connectivity index (χ0v) is 12.6. The fraction of sp³-hybridized carbons (Fsp3) is 0.533. The first-order valence-corrected chi connectivity index (χ1v) is 6.93. The number of hydrogen-bond acceptors (Lipinski definition) is 3. The van der Waals surface area contributed by atoms with E-state index in [1.807, 2.05) is 12.1 Å². The van der Waals surface area contributed by atoms with Gasteiger partial charge in [-0.1, -0.05) is 31.9 Å². The molecule has 2 rings (SSSR count). The van der Waals surface area contributed by atoms with Gasteiger partial charge in [0, 0.05) is 0 Å². The summed E-state index contributed by atoms with van der Waals surface area (Å²) in [4.78, 5) is 11.8. The quantitative estimate of drug-likeness (QED) is 0.839. The molecule has 0 bridgehead atoms. The number of rotatable bonds is 4. The van der Waals surface area contributed by atoms with E-state index < -0.39 is 0 Å². The number of para-hydroxylation sites is 2. The third-order valence-corrected chi connectivity index (χ3v) is 3.70. The van der Waals surface area contributed by atoms with Crippen LogP contribution in [-0.4, -0.2) is 18.6 Å². The lowest BCUT2D eigenvalue weighted by Crippen LogP contribution is -2.29. The highest BCUT2D eigenvalue weighted by atomic mass is 35.5. The molecule has 1 aliphatic rings. The minimum Gasteiger partial charge on any atom is -0.397 e. The second kappa shape index (κ2) is 8.12. The Morgan fingerprint density at radius 1 is 1.35 bits per heavy atom. The number of amides is 1. The third-order valence-electron chi connectivity index (χ3n) is 3.70. The Labute approximate surface area is 126 Å². The van der Waals surface area contributed by atoms with E-state index >= 15 is 0 Å². The van der Waals surface area contributed by atoms with Gasteiger partial charge in [0.15, 0.2) is 0 Å². The van der Waals surface area contributed by atoms with E-state index in [2.05, 4.69) is 12.2 Å². The highest BCUT2D eigenvalue weighted by molar-refractivity contribution is 5.94. The van der Waals surface area contributed by atoms with Gasteiger partial charge < -0.3 is 15.8 Å². The molecule has 1 aromatic carbocycles. The molecule has 0 aliphatic heterocycles. The second-order valence-corrected chi connectivity index (χ2v) is 5.25. The van der Waals surface area contributed by atoms with Crippen molar-refractivity contribution in [1.29, 1.82) is 0 Å². The van der Waals surface area contributed by atoms with Crippen LogP contribution in [0.4, 0.5) is 11.4 Å². The van der Waals surface area contributed by atoms with Gasteiger partial charge in [-0.05, 0) is 30.9 Å². The van der Waals surface area contributed by atoms with Gasteiger partial charge in [0.25, 0.3) is 0 Å². The number of anilines is 2. The Balaban J connectivity index is 0.00000200. The van der Waals surface area contributed by atoms with Crippen molar-refractivity contribution in [3.63, 3.8) is 0 Å². The van der Waals surface area contributed by atoms with Crippen LogP contribution < -0.4 is 11.1 Å². The number of hydrogen-bond donors (Lipinski definition) is 2. The Hall–Kier alpha value is -1.26. The van der Waals surface area contributed by atoms with Crippen LogP contribution in [0.5, 0.6) is 0 Å². The molecule has 3 N–H and O–H groups in total. The Morgan fingerprint density at radius 2 is 2.05 bits per heavy atom. The van der Waals surface area contributed by atoms with Crippen molar-refractivity contribution < 1.29 is 9.53 Å². The van der Waals surface area contributed by atoms with E-state index in [0.29, 0.717) is 17.3 Å². The van der Waals surface area contributed by atoms with E-state index in [0.717, 1.165) is 6.42 Å². The van der Waals surface area contributed by atoms with E-state index in [-0.39, 0.29) is 31.0 Å². The molecule has 0 aromatic heterocycles. The van der Waals surface area contributed by atoms with Crippen LogP contribution in [0, 0.1) is 5.92 Å². The lowest BCUT2D eigenvalue weighted by atomic mass is 9.88. The average molecular weight is 299 g/mol. The molecule has 1 fully saturated rings. The molecule has 0 heterocycles. The molecule has 1 aromatic rings. The zero-order chi connectivity index (χ0) is 13.7. The van der Waals surface area contributed by atoms with Crippen LogP contribution >= 0.6 is 12.4 Å². The standard InChI is InChI=1S/C15H22N2O2.ClH/c1-11-6-2-5-9-14(11)19-10-15(18)17-13-8-4-3-7-12(13)16;/h3-4,7-8,11,14H,2,5-6,9-10,16H2,1H3,(H,17,18);1H. The van der Waals surface area contributed by atoms with Gasteiger partial charge in [0.05, 0.1) is 17.5 Å². The molecule has 0 saturated heterocycles. The molecular formula is C15H23ClN2O2. The Bertz CT molecular complexity index is 440. The second-order valence-electron chi connectivity index (χ2n) is 5.25. The van der Waals surface area contributed by atoms with E-state index in [4.69, 9.17) is 10.5 Å². The van der Waals surface area contributed by atoms with Gasteiger partial charge in [-0.25, -0.2) is 0 Å². The molecule has 0 radical (unpaired) electrons. The summed E-state index contributed by atoms with van der Waals surface area (Å²) in [7, 11) is 0. The van der Waals surface area contributed by atoms with Crippen LogP contribution in [-0.2, 0) is 9.53 Å². The fourth-order valence-electron chi connectivity index (χ4n) is 2.51.